The van der Waals surface area contributed by atoms with Crippen LogP contribution in [0.1, 0.15) is 38.2 Å². The van der Waals surface area contributed by atoms with Gasteiger partial charge in [-0.3, -0.25) is 24.3 Å². The van der Waals surface area contributed by atoms with Crippen molar-refractivity contribution in [1.29, 1.82) is 0 Å². The maximum Gasteiger partial charge on any atom is 0.269 e. The van der Waals surface area contributed by atoms with Crippen LogP contribution in [0.3, 0.4) is 0 Å². The van der Waals surface area contributed by atoms with E-state index < -0.39 is 11.0 Å². The molecule has 8 nitrogen and oxygen atoms in total. The van der Waals surface area contributed by atoms with Gasteiger partial charge in [-0.1, -0.05) is 11.6 Å². The number of carbonyl (C=O) groups excluding carboxylic acids is 1. The van der Waals surface area contributed by atoms with Crippen molar-refractivity contribution in [3.63, 3.8) is 0 Å². The number of likely N-dealkylation sites (N-methyl/N-ethyl adjacent to an activating group) is 1. The summed E-state index contributed by atoms with van der Waals surface area (Å²) in [7, 11) is 0. The first-order valence-corrected chi connectivity index (χ1v) is 10.6. The lowest BCUT2D eigenvalue weighted by Gasteiger charge is -2.28. The Hall–Kier alpha value is -3.52. The first kappa shape index (κ1) is 23.1. The maximum atomic E-state index is 13.0. The van der Waals surface area contributed by atoms with Gasteiger partial charge < -0.3 is 4.90 Å². The Labute approximate surface area is 189 Å². The van der Waals surface area contributed by atoms with E-state index in [4.69, 9.17) is 11.6 Å². The molecule has 0 aliphatic carbocycles. The molecule has 9 heteroatoms. The van der Waals surface area contributed by atoms with E-state index in [1.54, 1.807) is 45.9 Å². The summed E-state index contributed by atoms with van der Waals surface area (Å²) in [5.41, 5.74) is 0.953. The Bertz CT molecular complexity index is 1250. The molecule has 0 aliphatic rings. The molecule has 1 amide bonds. The van der Waals surface area contributed by atoms with Gasteiger partial charge in [0.2, 0.25) is 5.91 Å². The normalized spacial score (nSPS) is 12.2. The predicted octanol–water partition coefficient (Wildman–Crippen LogP) is 4.60. The SMILES string of the molecule is CCN(C(=O)/C=C/c1ccc([N+](=O)[O-])cc1)C(C)c1nc2cc(Cl)ccc2c(=O)n1CC. The molecule has 0 N–H and O–H groups in total. The lowest BCUT2D eigenvalue weighted by Crippen LogP contribution is -2.36. The summed E-state index contributed by atoms with van der Waals surface area (Å²) in [5, 5.41) is 11.7. The number of halogens is 1. The Balaban J connectivity index is 1.93. The minimum absolute atomic E-state index is 0.0164. The monoisotopic (exact) mass is 454 g/mol. The minimum Gasteiger partial charge on any atom is -0.330 e. The average Bonchev–Trinajstić information content (AvgIpc) is 2.78. The van der Waals surface area contributed by atoms with Crippen LogP contribution in [0.4, 0.5) is 5.69 Å². The van der Waals surface area contributed by atoms with E-state index in [0.717, 1.165) is 0 Å². The van der Waals surface area contributed by atoms with E-state index >= 15 is 0 Å². The molecule has 3 aromatic rings. The molecule has 3 rings (SSSR count). The molecular formula is C23H23ClN4O4. The molecule has 0 radical (unpaired) electrons. The Morgan fingerprint density at radius 3 is 2.53 bits per heavy atom. The van der Waals surface area contributed by atoms with Gasteiger partial charge in [0.25, 0.3) is 11.2 Å². The van der Waals surface area contributed by atoms with Crippen LogP contribution in [-0.4, -0.2) is 31.8 Å². The summed E-state index contributed by atoms with van der Waals surface area (Å²) in [4.78, 5) is 42.5. The molecule has 1 unspecified atom stereocenters. The largest absolute Gasteiger partial charge is 0.330 e. The summed E-state index contributed by atoms with van der Waals surface area (Å²) in [6, 6.07) is 10.4. The number of hydrogen-bond donors (Lipinski definition) is 0. The van der Waals surface area contributed by atoms with Crippen molar-refractivity contribution in [2.45, 2.75) is 33.4 Å². The topological polar surface area (TPSA) is 98.3 Å². The molecular weight excluding hydrogens is 432 g/mol. The molecule has 0 spiro atoms. The number of nitrogens with zero attached hydrogens (tertiary/aromatic N) is 4. The van der Waals surface area contributed by atoms with Crippen LogP contribution in [0.5, 0.6) is 0 Å². The quantitative estimate of drug-likeness (QED) is 0.295. The maximum absolute atomic E-state index is 13.0. The third-order valence-corrected chi connectivity index (χ3v) is 5.49. The van der Waals surface area contributed by atoms with E-state index in [1.165, 1.54) is 18.2 Å². The van der Waals surface area contributed by atoms with Crippen LogP contribution in [0.25, 0.3) is 17.0 Å². The first-order chi connectivity index (χ1) is 15.3. The molecule has 1 heterocycles. The number of benzene rings is 2. The fourth-order valence-corrected chi connectivity index (χ4v) is 3.73. The average molecular weight is 455 g/mol. The molecule has 166 valence electrons. The lowest BCUT2D eigenvalue weighted by atomic mass is 10.1. The van der Waals surface area contributed by atoms with Gasteiger partial charge in [0, 0.05) is 36.3 Å². The van der Waals surface area contributed by atoms with Crippen molar-refractivity contribution >= 4 is 40.2 Å². The van der Waals surface area contributed by atoms with Crippen molar-refractivity contribution in [2.75, 3.05) is 6.54 Å². The van der Waals surface area contributed by atoms with Crippen molar-refractivity contribution < 1.29 is 9.72 Å². The van der Waals surface area contributed by atoms with Gasteiger partial charge in [0.1, 0.15) is 5.82 Å². The van der Waals surface area contributed by atoms with E-state index in [0.29, 0.717) is 40.4 Å². The van der Waals surface area contributed by atoms with Gasteiger partial charge in [-0.15, -0.1) is 0 Å². The second kappa shape index (κ2) is 9.74. The van der Waals surface area contributed by atoms with Crippen LogP contribution in [0.2, 0.25) is 5.02 Å². The standard InChI is InChI=1S/C23H23ClN4O4/c1-4-26(21(29)13-8-16-6-10-18(11-7-16)28(31)32)15(3)22-25-20-14-17(24)9-12-19(20)23(30)27(22)5-2/h6-15H,4-5H2,1-3H3/b13-8+. The predicted molar refractivity (Wildman–Crippen MR) is 125 cm³/mol. The van der Waals surface area contributed by atoms with Crippen molar-refractivity contribution in [3.05, 3.63) is 85.4 Å². The molecule has 1 atom stereocenters. The van der Waals surface area contributed by atoms with Crippen LogP contribution in [0, 0.1) is 10.1 Å². The molecule has 0 saturated heterocycles. The third-order valence-electron chi connectivity index (χ3n) is 5.25. The lowest BCUT2D eigenvalue weighted by molar-refractivity contribution is -0.384. The van der Waals surface area contributed by atoms with Crippen molar-refractivity contribution in [2.24, 2.45) is 0 Å². The van der Waals surface area contributed by atoms with Crippen LogP contribution in [0.15, 0.2) is 53.3 Å². The molecule has 2 aromatic carbocycles. The Morgan fingerprint density at radius 2 is 1.94 bits per heavy atom. The number of carbonyl (C=O) groups is 1. The highest BCUT2D eigenvalue weighted by atomic mass is 35.5. The zero-order valence-electron chi connectivity index (χ0n) is 18.0. The fourth-order valence-electron chi connectivity index (χ4n) is 3.57. The van der Waals surface area contributed by atoms with E-state index in [9.17, 15) is 19.7 Å². The highest BCUT2D eigenvalue weighted by Gasteiger charge is 2.23. The Kier molecular flexibility index (Phi) is 7.05. The van der Waals surface area contributed by atoms with Crippen LogP contribution >= 0.6 is 11.6 Å². The van der Waals surface area contributed by atoms with Gasteiger partial charge >= 0.3 is 0 Å². The van der Waals surface area contributed by atoms with Gasteiger partial charge in [0.05, 0.1) is 21.9 Å². The zero-order valence-corrected chi connectivity index (χ0v) is 18.7. The second-order valence-electron chi connectivity index (χ2n) is 7.16. The number of hydrogen-bond acceptors (Lipinski definition) is 5. The number of aromatic nitrogens is 2. The van der Waals surface area contributed by atoms with Crippen molar-refractivity contribution in [1.82, 2.24) is 14.5 Å². The number of amides is 1. The number of fused-ring (bicyclic) bond motifs is 1. The molecule has 32 heavy (non-hydrogen) atoms. The molecule has 1 aromatic heterocycles. The number of non-ortho nitro benzene ring substituents is 1. The van der Waals surface area contributed by atoms with Gasteiger partial charge in [-0.25, -0.2) is 4.98 Å². The first-order valence-electron chi connectivity index (χ1n) is 10.2. The highest BCUT2D eigenvalue weighted by Crippen LogP contribution is 2.22. The van der Waals surface area contributed by atoms with E-state index in [2.05, 4.69) is 4.98 Å². The summed E-state index contributed by atoms with van der Waals surface area (Å²) >= 11 is 6.08. The molecule has 0 saturated carbocycles. The van der Waals surface area contributed by atoms with E-state index in [1.807, 2.05) is 20.8 Å². The number of nitro groups is 1. The number of rotatable bonds is 7. The van der Waals surface area contributed by atoms with Gasteiger partial charge in [0.15, 0.2) is 0 Å². The van der Waals surface area contributed by atoms with E-state index in [-0.39, 0.29) is 17.2 Å². The summed E-state index contributed by atoms with van der Waals surface area (Å²) in [6.45, 7) is 6.34. The number of nitro benzene ring substituents is 1. The molecule has 0 bridgehead atoms. The molecule has 0 fully saturated rings. The van der Waals surface area contributed by atoms with Crippen LogP contribution in [-0.2, 0) is 11.3 Å². The smallest absolute Gasteiger partial charge is 0.269 e. The Morgan fingerprint density at radius 1 is 1.25 bits per heavy atom. The summed E-state index contributed by atoms with van der Waals surface area (Å²) < 4.78 is 1.57. The van der Waals surface area contributed by atoms with Crippen molar-refractivity contribution in [3.8, 4) is 0 Å². The molecule has 0 aliphatic heterocycles. The zero-order chi connectivity index (χ0) is 23.4. The van der Waals surface area contributed by atoms with Gasteiger partial charge in [-0.05, 0) is 62.7 Å². The minimum atomic E-state index is -0.476. The van der Waals surface area contributed by atoms with Crippen LogP contribution < -0.4 is 5.56 Å². The summed E-state index contributed by atoms with van der Waals surface area (Å²) in [6.07, 6.45) is 3.01. The van der Waals surface area contributed by atoms with Gasteiger partial charge in [-0.2, -0.15) is 0 Å². The highest BCUT2D eigenvalue weighted by molar-refractivity contribution is 6.31. The third kappa shape index (κ3) is 4.70. The second-order valence-corrected chi connectivity index (χ2v) is 7.60. The fraction of sp³-hybridized carbons (Fsp3) is 0.261. The summed E-state index contributed by atoms with van der Waals surface area (Å²) in [5.74, 6) is 0.215.